The van der Waals surface area contributed by atoms with E-state index in [1.807, 2.05) is 29.0 Å². The first-order valence-corrected chi connectivity index (χ1v) is 8.56. The van der Waals surface area contributed by atoms with Gasteiger partial charge in [-0.3, -0.25) is 9.59 Å². The van der Waals surface area contributed by atoms with Crippen LogP contribution in [0, 0.1) is 6.92 Å². The molecule has 1 amide bonds. The van der Waals surface area contributed by atoms with E-state index in [2.05, 4.69) is 36.2 Å². The second-order valence-electron chi connectivity index (χ2n) is 6.16. The molecule has 2 aromatic heterocycles. The molecule has 0 atom stereocenters. The summed E-state index contributed by atoms with van der Waals surface area (Å²) in [7, 11) is 0. The van der Waals surface area contributed by atoms with E-state index < -0.39 is 0 Å². The van der Waals surface area contributed by atoms with E-state index in [-0.39, 0.29) is 17.9 Å². The molecule has 1 aromatic carbocycles. The van der Waals surface area contributed by atoms with Gasteiger partial charge in [-0.1, -0.05) is 42.0 Å². The standard InChI is InChI=1S/C21H21N3O2/c1-17-8-10-18(11-9-17)16-24-14-4-2-6-19(24)22-20(25)12-15-23-13-5-3-7-21(23)26/h2-11,13-14H,12,15-16H2,1H3. The third-order valence-electron chi connectivity index (χ3n) is 4.10. The van der Waals surface area contributed by atoms with E-state index >= 15 is 0 Å². The maximum Gasteiger partial charge on any atom is 0.250 e. The lowest BCUT2D eigenvalue weighted by molar-refractivity contribution is -0.118. The number of aryl methyl sites for hydroxylation is 2. The predicted molar refractivity (Wildman–Crippen MR) is 101 cm³/mol. The molecule has 0 unspecified atom stereocenters. The topological polar surface area (TPSA) is 56.4 Å². The Morgan fingerprint density at radius 2 is 1.62 bits per heavy atom. The highest BCUT2D eigenvalue weighted by Gasteiger charge is 2.03. The normalized spacial score (nSPS) is 11.5. The summed E-state index contributed by atoms with van der Waals surface area (Å²) < 4.78 is 3.45. The Morgan fingerprint density at radius 1 is 0.923 bits per heavy atom. The number of aromatic nitrogens is 2. The van der Waals surface area contributed by atoms with Gasteiger partial charge in [0.25, 0.3) is 5.56 Å². The van der Waals surface area contributed by atoms with Crippen LogP contribution in [0.4, 0.5) is 0 Å². The lowest BCUT2D eigenvalue weighted by atomic mass is 10.1. The van der Waals surface area contributed by atoms with Crippen LogP contribution in [-0.4, -0.2) is 15.0 Å². The number of pyridine rings is 2. The first-order chi connectivity index (χ1) is 12.6. The summed E-state index contributed by atoms with van der Waals surface area (Å²) in [6.45, 7) is 3.02. The number of benzene rings is 1. The lowest BCUT2D eigenvalue weighted by Crippen LogP contribution is -2.23. The highest BCUT2D eigenvalue weighted by molar-refractivity contribution is 5.76. The van der Waals surface area contributed by atoms with Crippen molar-refractivity contribution in [1.29, 1.82) is 0 Å². The van der Waals surface area contributed by atoms with Gasteiger partial charge in [0.1, 0.15) is 5.49 Å². The highest BCUT2D eigenvalue weighted by atomic mass is 16.1. The van der Waals surface area contributed by atoms with Gasteiger partial charge in [-0.2, -0.15) is 4.99 Å². The minimum absolute atomic E-state index is 0.116. The van der Waals surface area contributed by atoms with E-state index in [9.17, 15) is 9.59 Å². The van der Waals surface area contributed by atoms with Crippen molar-refractivity contribution in [2.24, 2.45) is 4.99 Å². The van der Waals surface area contributed by atoms with Crippen molar-refractivity contribution >= 4 is 5.91 Å². The van der Waals surface area contributed by atoms with Crippen LogP contribution in [0.5, 0.6) is 0 Å². The van der Waals surface area contributed by atoms with Gasteiger partial charge in [-0.05, 0) is 30.7 Å². The average Bonchev–Trinajstić information content (AvgIpc) is 2.64. The van der Waals surface area contributed by atoms with Crippen LogP contribution < -0.4 is 11.0 Å². The first-order valence-electron chi connectivity index (χ1n) is 8.56. The molecule has 0 saturated heterocycles. The molecule has 0 aliphatic carbocycles. The van der Waals surface area contributed by atoms with E-state index in [4.69, 9.17) is 0 Å². The molecule has 0 aliphatic rings. The number of amides is 1. The number of rotatable bonds is 5. The number of carbonyl (C=O) groups excluding carboxylic acids is 1. The van der Waals surface area contributed by atoms with Crippen molar-refractivity contribution in [3.05, 3.63) is 100 Å². The third-order valence-corrected chi connectivity index (χ3v) is 4.10. The summed E-state index contributed by atoms with van der Waals surface area (Å²) in [5.41, 5.74) is 2.85. The van der Waals surface area contributed by atoms with Crippen LogP contribution >= 0.6 is 0 Å². The molecule has 0 N–H and O–H groups in total. The predicted octanol–water partition coefficient (Wildman–Crippen LogP) is 2.52. The zero-order valence-electron chi connectivity index (χ0n) is 14.7. The molecule has 0 spiro atoms. The lowest BCUT2D eigenvalue weighted by Gasteiger charge is -2.08. The summed E-state index contributed by atoms with van der Waals surface area (Å²) in [5, 5.41) is 0. The van der Waals surface area contributed by atoms with Crippen molar-refractivity contribution in [3.63, 3.8) is 0 Å². The van der Waals surface area contributed by atoms with Gasteiger partial charge in [0.05, 0.1) is 0 Å². The highest BCUT2D eigenvalue weighted by Crippen LogP contribution is 2.04. The third kappa shape index (κ3) is 4.66. The van der Waals surface area contributed by atoms with Gasteiger partial charge < -0.3 is 9.13 Å². The molecule has 26 heavy (non-hydrogen) atoms. The van der Waals surface area contributed by atoms with Gasteiger partial charge in [0.15, 0.2) is 0 Å². The Morgan fingerprint density at radius 3 is 2.35 bits per heavy atom. The maximum absolute atomic E-state index is 12.3. The molecule has 0 aliphatic heterocycles. The molecule has 132 valence electrons. The molecule has 0 bridgehead atoms. The Hall–Kier alpha value is -3.21. The molecule has 0 fully saturated rings. The quantitative estimate of drug-likeness (QED) is 0.712. The van der Waals surface area contributed by atoms with Crippen LogP contribution in [-0.2, 0) is 17.9 Å². The summed E-state index contributed by atoms with van der Waals surface area (Å²) in [6, 6.07) is 18.8. The van der Waals surface area contributed by atoms with E-state index in [1.54, 1.807) is 18.3 Å². The average molecular weight is 347 g/mol. The minimum Gasteiger partial charge on any atom is -0.329 e. The second kappa shape index (κ2) is 8.25. The molecule has 0 radical (unpaired) electrons. The van der Waals surface area contributed by atoms with Crippen LogP contribution in [0.25, 0.3) is 0 Å². The monoisotopic (exact) mass is 347 g/mol. The van der Waals surface area contributed by atoms with Crippen molar-refractivity contribution in [1.82, 2.24) is 9.13 Å². The molecule has 3 aromatic rings. The summed E-state index contributed by atoms with van der Waals surface area (Å²) in [5.74, 6) is -0.246. The Kier molecular flexibility index (Phi) is 5.59. The fraction of sp³-hybridized carbons (Fsp3) is 0.190. The number of hydrogen-bond donors (Lipinski definition) is 0. The van der Waals surface area contributed by atoms with Gasteiger partial charge in [-0.25, -0.2) is 0 Å². The zero-order valence-corrected chi connectivity index (χ0v) is 14.7. The molecular weight excluding hydrogens is 326 g/mol. The smallest absolute Gasteiger partial charge is 0.250 e. The molecule has 2 heterocycles. The van der Waals surface area contributed by atoms with Crippen LogP contribution in [0.2, 0.25) is 0 Å². The van der Waals surface area contributed by atoms with Crippen LogP contribution in [0.3, 0.4) is 0 Å². The first kappa shape index (κ1) is 17.6. The fourth-order valence-electron chi connectivity index (χ4n) is 2.64. The Balaban J connectivity index is 1.75. The Labute approximate surface area is 151 Å². The van der Waals surface area contributed by atoms with E-state index in [0.717, 1.165) is 5.56 Å². The molecular formula is C21H21N3O2. The largest absolute Gasteiger partial charge is 0.329 e. The van der Waals surface area contributed by atoms with Gasteiger partial charge in [0, 0.05) is 38.0 Å². The summed E-state index contributed by atoms with van der Waals surface area (Å²) in [4.78, 5) is 28.2. The van der Waals surface area contributed by atoms with E-state index in [1.165, 1.54) is 16.2 Å². The fourth-order valence-corrected chi connectivity index (χ4v) is 2.64. The minimum atomic E-state index is -0.246. The van der Waals surface area contributed by atoms with Crippen molar-refractivity contribution in [2.45, 2.75) is 26.4 Å². The van der Waals surface area contributed by atoms with Crippen LogP contribution in [0.15, 0.2) is 82.8 Å². The molecule has 3 rings (SSSR count). The van der Waals surface area contributed by atoms with E-state index in [0.29, 0.717) is 18.6 Å². The van der Waals surface area contributed by atoms with Gasteiger partial charge in [0.2, 0.25) is 5.91 Å². The number of hydrogen-bond acceptors (Lipinski definition) is 2. The van der Waals surface area contributed by atoms with Crippen LogP contribution in [0.1, 0.15) is 17.5 Å². The van der Waals surface area contributed by atoms with Crippen molar-refractivity contribution in [3.8, 4) is 0 Å². The number of carbonyl (C=O) groups is 1. The molecule has 5 nitrogen and oxygen atoms in total. The SMILES string of the molecule is Cc1ccc(Cn2ccccc2=NC(=O)CCn2ccccc2=O)cc1. The second-order valence-corrected chi connectivity index (χ2v) is 6.16. The van der Waals surface area contributed by atoms with Crippen molar-refractivity contribution < 1.29 is 4.79 Å². The summed E-state index contributed by atoms with van der Waals surface area (Å²) in [6.07, 6.45) is 3.77. The zero-order chi connectivity index (χ0) is 18.4. The Bertz CT molecular complexity index is 1010. The summed E-state index contributed by atoms with van der Waals surface area (Å²) >= 11 is 0. The number of nitrogens with zero attached hydrogens (tertiary/aromatic N) is 3. The maximum atomic E-state index is 12.3. The van der Waals surface area contributed by atoms with Gasteiger partial charge >= 0.3 is 0 Å². The molecule has 0 saturated carbocycles. The van der Waals surface area contributed by atoms with Crippen molar-refractivity contribution in [2.75, 3.05) is 0 Å². The molecule has 5 heteroatoms. The van der Waals surface area contributed by atoms with Gasteiger partial charge in [-0.15, -0.1) is 0 Å².